The largest absolute Gasteiger partial charge is 0.396 e. The van der Waals surface area contributed by atoms with Gasteiger partial charge in [0, 0.05) is 21.3 Å². The number of nitrogens with two attached hydrogens (primary N) is 2. The van der Waals surface area contributed by atoms with E-state index < -0.39 is 8.56 Å². The average Bonchev–Trinajstić information content (AvgIpc) is 2.46. The summed E-state index contributed by atoms with van der Waals surface area (Å²) in [5.74, 6) is 0.411. The minimum absolute atomic E-state index is 0.312. The third-order valence-electron chi connectivity index (χ3n) is 4.65. The monoisotopic (exact) mass is 290 g/mol. The summed E-state index contributed by atoms with van der Waals surface area (Å²) in [6, 6.07) is 0.986. The third kappa shape index (κ3) is 3.04. The predicted molar refractivity (Wildman–Crippen MR) is 79.0 cm³/mol. The molecule has 6 heteroatoms. The van der Waals surface area contributed by atoms with Gasteiger partial charge in [0.1, 0.15) is 5.22 Å². The molecule has 1 fully saturated rings. The van der Waals surface area contributed by atoms with Gasteiger partial charge in [-0.2, -0.15) is 0 Å². The van der Waals surface area contributed by atoms with Crippen LogP contribution < -0.4 is 11.5 Å². The average molecular weight is 290 g/mol. The van der Waals surface area contributed by atoms with E-state index in [9.17, 15) is 0 Å². The van der Waals surface area contributed by atoms with Crippen LogP contribution in [0.4, 0.5) is 0 Å². The van der Waals surface area contributed by atoms with Crippen molar-refractivity contribution >= 4 is 8.56 Å². The molecule has 1 rings (SSSR count). The lowest BCUT2D eigenvalue weighted by atomic mass is 9.89. The Morgan fingerprint density at radius 1 is 1.16 bits per heavy atom. The zero-order valence-electron chi connectivity index (χ0n) is 12.6. The molecule has 2 unspecified atom stereocenters. The molecule has 0 radical (unpaired) electrons. The smallest absolute Gasteiger partial charge is 0.371 e. The quantitative estimate of drug-likeness (QED) is 0.655. The summed E-state index contributed by atoms with van der Waals surface area (Å²) in [5.41, 5.74) is 11.5. The summed E-state index contributed by atoms with van der Waals surface area (Å²) in [6.07, 6.45) is 5.05. The van der Waals surface area contributed by atoms with Crippen LogP contribution in [0.5, 0.6) is 0 Å². The van der Waals surface area contributed by atoms with Crippen molar-refractivity contribution in [3.8, 4) is 0 Å². The lowest BCUT2D eigenvalue weighted by molar-refractivity contribution is -0.0557. The summed E-state index contributed by atoms with van der Waals surface area (Å²) in [7, 11) is 2.92. The van der Waals surface area contributed by atoms with E-state index in [0.717, 1.165) is 38.1 Å². The van der Waals surface area contributed by atoms with Crippen LogP contribution in [0.1, 0.15) is 32.1 Å². The van der Waals surface area contributed by atoms with Gasteiger partial charge in [0.25, 0.3) is 0 Å². The Bertz CT molecular complexity index is 262. The molecule has 0 bridgehead atoms. The number of ether oxygens (including phenoxy) is 1. The molecule has 0 aliphatic carbocycles. The van der Waals surface area contributed by atoms with Crippen molar-refractivity contribution in [1.82, 2.24) is 0 Å². The van der Waals surface area contributed by atoms with Gasteiger partial charge in [0.05, 0.1) is 0 Å². The van der Waals surface area contributed by atoms with Crippen molar-refractivity contribution in [3.63, 3.8) is 0 Å². The van der Waals surface area contributed by atoms with E-state index in [0.29, 0.717) is 19.0 Å². The Morgan fingerprint density at radius 3 is 2.32 bits per heavy atom. The Kier molecular flexibility index (Phi) is 6.92. The topological polar surface area (TPSA) is 79.7 Å². The first-order valence-electron chi connectivity index (χ1n) is 7.22. The second kappa shape index (κ2) is 7.71. The fourth-order valence-electron chi connectivity index (χ4n) is 3.73. The molecule has 0 amide bonds. The zero-order valence-corrected chi connectivity index (χ0v) is 13.6. The van der Waals surface area contributed by atoms with E-state index >= 15 is 0 Å². The molecule has 0 saturated carbocycles. The first-order chi connectivity index (χ1) is 9.16. The molecular formula is C13H30N2O3Si. The maximum absolute atomic E-state index is 6.04. The van der Waals surface area contributed by atoms with Crippen molar-refractivity contribution in [1.29, 1.82) is 0 Å². The number of rotatable bonds is 8. The maximum atomic E-state index is 6.04. The Balaban J connectivity index is 3.11. The molecule has 2 atom stereocenters. The van der Waals surface area contributed by atoms with Gasteiger partial charge in [0.15, 0.2) is 0 Å². The molecule has 1 aliphatic rings. The second-order valence-corrected chi connectivity index (χ2v) is 8.98. The maximum Gasteiger partial charge on any atom is 0.371 e. The summed E-state index contributed by atoms with van der Waals surface area (Å²) >= 11 is 0. The molecular weight excluding hydrogens is 260 g/mol. The minimum Gasteiger partial charge on any atom is -0.396 e. The molecule has 0 spiro atoms. The van der Waals surface area contributed by atoms with Crippen molar-refractivity contribution in [3.05, 3.63) is 0 Å². The Labute approximate surface area is 118 Å². The molecule has 1 aliphatic heterocycles. The van der Waals surface area contributed by atoms with Gasteiger partial charge in [0.2, 0.25) is 0 Å². The highest BCUT2D eigenvalue weighted by molar-refractivity contribution is 6.70. The lowest BCUT2D eigenvalue weighted by Gasteiger charge is -2.52. The molecule has 114 valence electrons. The highest BCUT2D eigenvalue weighted by Crippen LogP contribution is 2.47. The molecule has 0 aromatic heterocycles. The molecule has 1 saturated heterocycles. The van der Waals surface area contributed by atoms with Crippen molar-refractivity contribution in [2.45, 2.75) is 43.4 Å². The van der Waals surface area contributed by atoms with Crippen molar-refractivity contribution in [2.24, 2.45) is 17.4 Å². The van der Waals surface area contributed by atoms with Gasteiger partial charge < -0.3 is 25.1 Å². The number of methoxy groups -OCH3 is 1. The van der Waals surface area contributed by atoms with Gasteiger partial charge in [-0.05, 0) is 50.7 Å². The molecule has 0 aromatic rings. The first kappa shape index (κ1) is 17.1. The van der Waals surface area contributed by atoms with Gasteiger partial charge in [-0.3, -0.25) is 0 Å². The summed E-state index contributed by atoms with van der Waals surface area (Å²) < 4.78 is 17.9. The first-order valence-corrected chi connectivity index (χ1v) is 9.24. The SMILES string of the molecule is COC1(CCCN)C(CCN)CCC[Si]1(OC)OC. The van der Waals surface area contributed by atoms with Crippen LogP contribution in [-0.2, 0) is 13.6 Å². The van der Waals surface area contributed by atoms with E-state index in [2.05, 4.69) is 0 Å². The highest BCUT2D eigenvalue weighted by atomic mass is 28.4. The zero-order chi connectivity index (χ0) is 14.4. The van der Waals surface area contributed by atoms with Crippen LogP contribution in [0.15, 0.2) is 0 Å². The minimum atomic E-state index is -2.38. The second-order valence-electron chi connectivity index (χ2n) is 5.31. The molecule has 0 aromatic carbocycles. The van der Waals surface area contributed by atoms with Gasteiger partial charge in [-0.1, -0.05) is 6.42 Å². The normalized spacial score (nSPS) is 30.5. The van der Waals surface area contributed by atoms with E-state index in [-0.39, 0.29) is 5.22 Å². The van der Waals surface area contributed by atoms with Crippen LogP contribution in [0.3, 0.4) is 0 Å². The third-order valence-corrected chi connectivity index (χ3v) is 9.14. The Hall–Kier alpha value is 0.0169. The van der Waals surface area contributed by atoms with Crippen molar-refractivity contribution in [2.75, 3.05) is 34.4 Å². The van der Waals surface area contributed by atoms with Crippen molar-refractivity contribution < 1.29 is 13.6 Å². The molecule has 5 nitrogen and oxygen atoms in total. The Morgan fingerprint density at radius 2 is 1.84 bits per heavy atom. The fraction of sp³-hybridized carbons (Fsp3) is 1.00. The van der Waals surface area contributed by atoms with Crippen LogP contribution >= 0.6 is 0 Å². The van der Waals surface area contributed by atoms with Crippen LogP contribution in [0, 0.1) is 5.92 Å². The van der Waals surface area contributed by atoms with Gasteiger partial charge in [-0.25, -0.2) is 0 Å². The van der Waals surface area contributed by atoms with Crippen LogP contribution in [-0.4, -0.2) is 48.2 Å². The van der Waals surface area contributed by atoms with Gasteiger partial charge >= 0.3 is 8.56 Å². The fourth-order valence-corrected chi connectivity index (χ4v) is 7.87. The summed E-state index contributed by atoms with van der Waals surface area (Å²) in [5, 5.41) is -0.312. The molecule has 4 N–H and O–H groups in total. The molecule has 1 heterocycles. The van der Waals surface area contributed by atoms with Crippen LogP contribution in [0.25, 0.3) is 0 Å². The van der Waals surface area contributed by atoms with E-state index in [1.807, 2.05) is 0 Å². The molecule has 19 heavy (non-hydrogen) atoms. The standard InChI is InChI=1S/C13H30N2O3Si/c1-16-13(8-5-9-14)12(7-10-15)6-4-11-19(13,17-2)18-3/h12H,4-11,14-15H2,1-3H3. The van der Waals surface area contributed by atoms with E-state index in [4.69, 9.17) is 25.1 Å². The summed E-state index contributed by atoms with van der Waals surface area (Å²) in [6.45, 7) is 1.34. The number of hydrogen-bond acceptors (Lipinski definition) is 5. The van der Waals surface area contributed by atoms with Crippen LogP contribution in [0.2, 0.25) is 6.04 Å². The predicted octanol–water partition coefficient (Wildman–Crippen LogP) is 1.14. The van der Waals surface area contributed by atoms with E-state index in [1.165, 1.54) is 0 Å². The summed E-state index contributed by atoms with van der Waals surface area (Å²) in [4.78, 5) is 0. The van der Waals surface area contributed by atoms with E-state index in [1.54, 1.807) is 21.3 Å². The number of hydrogen-bond donors (Lipinski definition) is 2. The highest BCUT2D eigenvalue weighted by Gasteiger charge is 2.62. The lowest BCUT2D eigenvalue weighted by Crippen LogP contribution is -2.68. The van der Waals surface area contributed by atoms with Gasteiger partial charge in [-0.15, -0.1) is 0 Å².